The number of hydrogen-bond donors (Lipinski definition) is 1. The molecule has 1 fully saturated rings. The van der Waals surface area contributed by atoms with Crippen LogP contribution < -0.4 is 10.2 Å². The first-order valence-corrected chi connectivity index (χ1v) is 7.72. The summed E-state index contributed by atoms with van der Waals surface area (Å²) in [6.07, 6.45) is 3.96. The topological polar surface area (TPSA) is 37.4 Å². The molecule has 0 saturated carbocycles. The summed E-state index contributed by atoms with van der Waals surface area (Å²) in [5.74, 6) is 1.57. The van der Waals surface area contributed by atoms with E-state index in [4.69, 9.17) is 27.9 Å². The molecular weight excluding hydrogens is 297 g/mol. The number of halogens is 2. The molecule has 0 aromatic carbocycles. The first kappa shape index (κ1) is 15.8. The summed E-state index contributed by atoms with van der Waals surface area (Å²) in [6, 6.07) is 1.75. The highest BCUT2D eigenvalue weighted by Crippen LogP contribution is 2.29. The minimum atomic E-state index is 0.580. The van der Waals surface area contributed by atoms with Crippen molar-refractivity contribution in [3.63, 3.8) is 0 Å². The Balaban J connectivity index is 1.79. The molecule has 1 saturated heterocycles. The van der Waals surface area contributed by atoms with Gasteiger partial charge in [0.1, 0.15) is 5.82 Å². The highest BCUT2D eigenvalue weighted by atomic mass is 35.5. The number of pyridine rings is 1. The van der Waals surface area contributed by atoms with Gasteiger partial charge in [0.15, 0.2) is 0 Å². The summed E-state index contributed by atoms with van der Waals surface area (Å²) in [5.41, 5.74) is 0. The van der Waals surface area contributed by atoms with Gasteiger partial charge in [0, 0.05) is 32.9 Å². The van der Waals surface area contributed by atoms with Crippen LogP contribution in [0, 0.1) is 5.92 Å². The number of ether oxygens (including phenoxy) is 1. The van der Waals surface area contributed by atoms with Crippen LogP contribution in [-0.4, -0.2) is 44.9 Å². The summed E-state index contributed by atoms with van der Waals surface area (Å²) in [5, 5.41) is 4.64. The molecule has 1 aromatic rings. The lowest BCUT2D eigenvalue weighted by atomic mass is 9.97. The van der Waals surface area contributed by atoms with Crippen molar-refractivity contribution >= 4 is 29.0 Å². The molecule has 0 spiro atoms. The maximum atomic E-state index is 6.20. The second kappa shape index (κ2) is 8.03. The van der Waals surface area contributed by atoms with E-state index in [0.29, 0.717) is 16.0 Å². The third-order valence-corrected chi connectivity index (χ3v) is 4.10. The van der Waals surface area contributed by atoms with Crippen molar-refractivity contribution in [3.8, 4) is 0 Å². The highest BCUT2D eigenvalue weighted by molar-refractivity contribution is 6.36. The molecule has 0 amide bonds. The Labute approximate surface area is 130 Å². The molecule has 0 unspecified atom stereocenters. The fraction of sp³-hybridized carbons (Fsp3) is 0.643. The fourth-order valence-corrected chi connectivity index (χ4v) is 2.97. The second-order valence-electron chi connectivity index (χ2n) is 5.09. The lowest BCUT2D eigenvalue weighted by Crippen LogP contribution is -2.38. The number of anilines is 1. The van der Waals surface area contributed by atoms with Gasteiger partial charge in [-0.1, -0.05) is 23.2 Å². The third kappa shape index (κ3) is 4.48. The largest absolute Gasteiger partial charge is 0.383 e. The standard InChI is InChI=1S/C14H21Cl2N3O/c1-20-7-4-17-9-11-2-5-19(6-3-11)14-13(16)8-12(15)10-18-14/h8,10-11,17H,2-7,9H2,1H3. The van der Waals surface area contributed by atoms with Gasteiger partial charge < -0.3 is 15.0 Å². The zero-order valence-corrected chi connectivity index (χ0v) is 13.3. The van der Waals surface area contributed by atoms with Gasteiger partial charge in [0.2, 0.25) is 0 Å². The van der Waals surface area contributed by atoms with Gasteiger partial charge in [0.05, 0.1) is 16.7 Å². The van der Waals surface area contributed by atoms with Crippen LogP contribution >= 0.6 is 23.2 Å². The second-order valence-corrected chi connectivity index (χ2v) is 5.93. The van der Waals surface area contributed by atoms with Crippen molar-refractivity contribution in [2.24, 2.45) is 5.92 Å². The lowest BCUT2D eigenvalue weighted by molar-refractivity contribution is 0.197. The van der Waals surface area contributed by atoms with Gasteiger partial charge >= 0.3 is 0 Å². The molecule has 2 rings (SSSR count). The number of hydrogen-bond acceptors (Lipinski definition) is 4. The average Bonchev–Trinajstić information content (AvgIpc) is 2.45. The summed E-state index contributed by atoms with van der Waals surface area (Å²) >= 11 is 12.1. The summed E-state index contributed by atoms with van der Waals surface area (Å²) in [6.45, 7) is 4.72. The van der Waals surface area contributed by atoms with E-state index in [9.17, 15) is 0 Å². The third-order valence-electron chi connectivity index (χ3n) is 3.62. The predicted molar refractivity (Wildman–Crippen MR) is 83.9 cm³/mol. The van der Waals surface area contributed by atoms with Crippen molar-refractivity contribution in [2.45, 2.75) is 12.8 Å². The van der Waals surface area contributed by atoms with E-state index in [-0.39, 0.29) is 0 Å². The molecule has 1 aliphatic heterocycles. The van der Waals surface area contributed by atoms with E-state index in [1.165, 1.54) is 0 Å². The molecule has 20 heavy (non-hydrogen) atoms. The first-order valence-electron chi connectivity index (χ1n) is 6.96. The number of aromatic nitrogens is 1. The number of nitrogens with zero attached hydrogens (tertiary/aromatic N) is 2. The zero-order chi connectivity index (χ0) is 14.4. The lowest BCUT2D eigenvalue weighted by Gasteiger charge is -2.33. The Morgan fingerprint density at radius 2 is 2.15 bits per heavy atom. The Bertz CT molecular complexity index is 423. The molecule has 0 aliphatic carbocycles. The summed E-state index contributed by atoms with van der Waals surface area (Å²) in [7, 11) is 1.73. The first-order chi connectivity index (χ1) is 9.70. The summed E-state index contributed by atoms with van der Waals surface area (Å²) in [4.78, 5) is 6.58. The maximum Gasteiger partial charge on any atom is 0.147 e. The van der Waals surface area contributed by atoms with Crippen molar-refractivity contribution < 1.29 is 4.74 Å². The zero-order valence-electron chi connectivity index (χ0n) is 11.7. The fourth-order valence-electron chi connectivity index (χ4n) is 2.47. The molecule has 0 atom stereocenters. The van der Waals surface area contributed by atoms with Crippen LogP contribution in [0.5, 0.6) is 0 Å². The smallest absolute Gasteiger partial charge is 0.147 e. The number of nitrogens with one attached hydrogen (secondary N) is 1. The van der Waals surface area contributed by atoms with E-state index in [1.807, 2.05) is 0 Å². The van der Waals surface area contributed by atoms with Crippen LogP contribution in [0.1, 0.15) is 12.8 Å². The molecular formula is C14H21Cl2N3O. The van der Waals surface area contributed by atoms with Gasteiger partial charge in [-0.2, -0.15) is 0 Å². The number of methoxy groups -OCH3 is 1. The molecule has 0 bridgehead atoms. The maximum absolute atomic E-state index is 6.20. The Hall–Kier alpha value is -0.550. The van der Waals surface area contributed by atoms with Crippen LogP contribution in [0.25, 0.3) is 0 Å². The molecule has 0 radical (unpaired) electrons. The highest BCUT2D eigenvalue weighted by Gasteiger charge is 2.21. The van der Waals surface area contributed by atoms with Crippen molar-refractivity contribution in [1.82, 2.24) is 10.3 Å². The van der Waals surface area contributed by atoms with Gasteiger partial charge in [0.25, 0.3) is 0 Å². The van der Waals surface area contributed by atoms with Crippen molar-refractivity contribution in [1.29, 1.82) is 0 Å². The molecule has 4 nitrogen and oxygen atoms in total. The predicted octanol–water partition coefficient (Wildman–Crippen LogP) is 2.84. The number of rotatable bonds is 6. The minimum absolute atomic E-state index is 0.580. The van der Waals surface area contributed by atoms with Crippen molar-refractivity contribution in [2.75, 3.05) is 44.8 Å². The Morgan fingerprint density at radius 1 is 1.40 bits per heavy atom. The molecule has 2 heterocycles. The van der Waals surface area contributed by atoms with Gasteiger partial charge in [-0.15, -0.1) is 0 Å². The quantitative estimate of drug-likeness (QED) is 0.819. The van der Waals surface area contributed by atoms with Crippen LogP contribution in [-0.2, 0) is 4.74 Å². The van der Waals surface area contributed by atoms with E-state index in [2.05, 4.69) is 15.2 Å². The molecule has 6 heteroatoms. The van der Waals surface area contributed by atoms with Crippen LogP contribution in [0.4, 0.5) is 5.82 Å². The van der Waals surface area contributed by atoms with Crippen LogP contribution in [0.3, 0.4) is 0 Å². The molecule has 1 aromatic heterocycles. The average molecular weight is 318 g/mol. The van der Waals surface area contributed by atoms with Crippen LogP contribution in [0.2, 0.25) is 10.0 Å². The van der Waals surface area contributed by atoms with E-state index in [0.717, 1.165) is 51.4 Å². The van der Waals surface area contributed by atoms with Crippen molar-refractivity contribution in [3.05, 3.63) is 22.3 Å². The summed E-state index contributed by atoms with van der Waals surface area (Å²) < 4.78 is 5.02. The van der Waals surface area contributed by atoms with Crippen LogP contribution in [0.15, 0.2) is 12.3 Å². The van der Waals surface area contributed by atoms with Gasteiger partial charge in [-0.25, -0.2) is 4.98 Å². The molecule has 112 valence electrons. The van der Waals surface area contributed by atoms with Gasteiger partial charge in [-0.05, 0) is 31.4 Å². The molecule has 1 N–H and O–H groups in total. The van der Waals surface area contributed by atoms with E-state index < -0.39 is 0 Å². The minimum Gasteiger partial charge on any atom is -0.383 e. The van der Waals surface area contributed by atoms with E-state index in [1.54, 1.807) is 19.4 Å². The molecule has 1 aliphatic rings. The number of piperidine rings is 1. The Kier molecular flexibility index (Phi) is 6.36. The monoisotopic (exact) mass is 317 g/mol. The SMILES string of the molecule is COCCNCC1CCN(c2ncc(Cl)cc2Cl)CC1. The van der Waals surface area contributed by atoms with E-state index >= 15 is 0 Å². The Morgan fingerprint density at radius 3 is 2.80 bits per heavy atom. The van der Waals surface area contributed by atoms with Gasteiger partial charge in [-0.3, -0.25) is 0 Å². The normalized spacial score (nSPS) is 16.6.